The third-order valence-electron chi connectivity index (χ3n) is 4.29. The number of rotatable bonds is 6. The van der Waals surface area contributed by atoms with Gasteiger partial charge in [-0.1, -0.05) is 30.3 Å². The quantitative estimate of drug-likeness (QED) is 0.778. The predicted octanol–water partition coefficient (Wildman–Crippen LogP) is 1.38. The molecule has 1 amide bonds. The monoisotopic (exact) mass is 289 g/mol. The average molecular weight is 289 g/mol. The van der Waals surface area contributed by atoms with Gasteiger partial charge in [0.25, 0.3) is 0 Å². The molecule has 1 aliphatic heterocycles. The van der Waals surface area contributed by atoms with Crippen molar-refractivity contribution in [2.45, 2.75) is 24.7 Å². The fourth-order valence-electron chi connectivity index (χ4n) is 3.02. The number of amides is 1. The van der Waals surface area contributed by atoms with E-state index in [0.717, 1.165) is 51.0 Å². The maximum absolute atomic E-state index is 12.8. The summed E-state index contributed by atoms with van der Waals surface area (Å²) >= 11 is 0. The molecule has 0 aliphatic carbocycles. The maximum atomic E-state index is 12.8. The van der Waals surface area contributed by atoms with Crippen LogP contribution >= 0.6 is 0 Å². The normalized spacial score (nSPS) is 17.7. The fraction of sp³-hybridized carbons (Fsp3) is 0.588. The molecule has 116 valence electrons. The summed E-state index contributed by atoms with van der Waals surface area (Å²) in [4.78, 5) is 15.0. The van der Waals surface area contributed by atoms with Gasteiger partial charge in [0.15, 0.2) is 0 Å². The van der Waals surface area contributed by atoms with E-state index in [-0.39, 0.29) is 11.3 Å². The van der Waals surface area contributed by atoms with Crippen LogP contribution in [0.15, 0.2) is 30.3 Å². The smallest absolute Gasteiger partial charge is 0.230 e. The van der Waals surface area contributed by atoms with Crippen LogP contribution in [0.3, 0.4) is 0 Å². The molecule has 0 aromatic heterocycles. The van der Waals surface area contributed by atoms with Gasteiger partial charge in [0.05, 0.1) is 5.41 Å². The van der Waals surface area contributed by atoms with E-state index in [1.807, 2.05) is 18.2 Å². The number of hydrogen-bond donors (Lipinski definition) is 2. The van der Waals surface area contributed by atoms with Crippen LogP contribution in [0, 0.1) is 0 Å². The average Bonchev–Trinajstić information content (AvgIpc) is 2.52. The van der Waals surface area contributed by atoms with Crippen LogP contribution in [0.2, 0.25) is 0 Å². The van der Waals surface area contributed by atoms with Crippen molar-refractivity contribution in [1.82, 2.24) is 15.5 Å². The van der Waals surface area contributed by atoms with Crippen LogP contribution in [0.4, 0.5) is 0 Å². The Hall–Kier alpha value is -1.39. The summed E-state index contributed by atoms with van der Waals surface area (Å²) in [6.07, 6.45) is 2.73. The highest BCUT2D eigenvalue weighted by Crippen LogP contribution is 2.33. The minimum atomic E-state index is -0.357. The van der Waals surface area contributed by atoms with Crippen LogP contribution in [-0.2, 0) is 10.2 Å². The Labute approximate surface area is 127 Å². The molecule has 1 saturated heterocycles. The third-order valence-corrected chi connectivity index (χ3v) is 4.29. The van der Waals surface area contributed by atoms with E-state index >= 15 is 0 Å². The Kier molecular flexibility index (Phi) is 5.76. The molecule has 0 atom stereocenters. The lowest BCUT2D eigenvalue weighted by molar-refractivity contribution is -0.127. The number of hydrogen-bond acceptors (Lipinski definition) is 3. The van der Waals surface area contributed by atoms with Gasteiger partial charge in [-0.05, 0) is 58.6 Å². The van der Waals surface area contributed by atoms with E-state index in [0.29, 0.717) is 0 Å². The summed E-state index contributed by atoms with van der Waals surface area (Å²) in [5.41, 5.74) is 0.793. The van der Waals surface area contributed by atoms with Crippen molar-refractivity contribution >= 4 is 5.91 Å². The first-order valence-corrected chi connectivity index (χ1v) is 7.84. The van der Waals surface area contributed by atoms with Gasteiger partial charge in [0.1, 0.15) is 0 Å². The molecule has 1 heterocycles. The van der Waals surface area contributed by atoms with Crippen molar-refractivity contribution in [3.05, 3.63) is 35.9 Å². The third kappa shape index (κ3) is 4.05. The molecule has 0 unspecified atom stereocenters. The standard InChI is InChI=1S/C17H27N3O/c1-20(2)14-6-11-19-16(21)17(9-12-18-13-10-17)15-7-4-3-5-8-15/h3-5,7-8,18H,6,9-14H2,1-2H3,(H,19,21). The van der Waals surface area contributed by atoms with E-state index in [1.54, 1.807) is 0 Å². The highest BCUT2D eigenvalue weighted by molar-refractivity contribution is 5.88. The van der Waals surface area contributed by atoms with Crippen molar-refractivity contribution < 1.29 is 4.79 Å². The van der Waals surface area contributed by atoms with E-state index in [4.69, 9.17) is 0 Å². The summed E-state index contributed by atoms with van der Waals surface area (Å²) in [7, 11) is 4.11. The van der Waals surface area contributed by atoms with Crippen LogP contribution in [0.25, 0.3) is 0 Å². The van der Waals surface area contributed by atoms with Gasteiger partial charge in [0, 0.05) is 6.54 Å². The summed E-state index contributed by atoms with van der Waals surface area (Å²) in [5.74, 6) is 0.189. The predicted molar refractivity (Wildman–Crippen MR) is 86.4 cm³/mol. The Balaban J connectivity index is 2.04. The fourth-order valence-corrected chi connectivity index (χ4v) is 3.02. The molecule has 4 heteroatoms. The van der Waals surface area contributed by atoms with Crippen molar-refractivity contribution in [2.75, 3.05) is 40.3 Å². The summed E-state index contributed by atoms with van der Waals surface area (Å²) in [6, 6.07) is 10.2. The van der Waals surface area contributed by atoms with Gasteiger partial charge in [-0.2, -0.15) is 0 Å². The highest BCUT2D eigenvalue weighted by atomic mass is 16.2. The van der Waals surface area contributed by atoms with Crippen molar-refractivity contribution in [1.29, 1.82) is 0 Å². The van der Waals surface area contributed by atoms with E-state index in [2.05, 4.69) is 41.8 Å². The highest BCUT2D eigenvalue weighted by Gasteiger charge is 2.40. The van der Waals surface area contributed by atoms with Crippen LogP contribution < -0.4 is 10.6 Å². The zero-order valence-electron chi connectivity index (χ0n) is 13.2. The lowest BCUT2D eigenvalue weighted by Gasteiger charge is -2.36. The second-order valence-electron chi connectivity index (χ2n) is 6.11. The largest absolute Gasteiger partial charge is 0.355 e. The second kappa shape index (κ2) is 7.57. The van der Waals surface area contributed by atoms with Gasteiger partial charge in [-0.15, -0.1) is 0 Å². The number of carbonyl (C=O) groups is 1. The number of nitrogens with one attached hydrogen (secondary N) is 2. The molecule has 1 aliphatic rings. The molecule has 4 nitrogen and oxygen atoms in total. The number of nitrogens with zero attached hydrogens (tertiary/aromatic N) is 1. The molecule has 0 bridgehead atoms. The second-order valence-corrected chi connectivity index (χ2v) is 6.11. The maximum Gasteiger partial charge on any atom is 0.230 e. The van der Waals surface area contributed by atoms with E-state index in [1.165, 1.54) is 0 Å². The molecular weight excluding hydrogens is 262 g/mol. The zero-order chi connectivity index (χ0) is 15.1. The first-order valence-electron chi connectivity index (χ1n) is 7.84. The molecule has 2 rings (SSSR count). The first kappa shape index (κ1) is 16.0. The minimum Gasteiger partial charge on any atom is -0.355 e. The van der Waals surface area contributed by atoms with Crippen LogP contribution in [-0.4, -0.2) is 51.1 Å². The van der Waals surface area contributed by atoms with Gasteiger partial charge in [-0.3, -0.25) is 4.79 Å². The van der Waals surface area contributed by atoms with Gasteiger partial charge >= 0.3 is 0 Å². The molecule has 2 N–H and O–H groups in total. The SMILES string of the molecule is CN(C)CCCNC(=O)C1(c2ccccc2)CCNCC1. The van der Waals surface area contributed by atoms with Crippen LogP contribution in [0.5, 0.6) is 0 Å². The van der Waals surface area contributed by atoms with Crippen molar-refractivity contribution in [3.8, 4) is 0 Å². The number of piperidine rings is 1. The zero-order valence-corrected chi connectivity index (χ0v) is 13.2. The van der Waals surface area contributed by atoms with Gasteiger partial charge in [-0.25, -0.2) is 0 Å². The summed E-state index contributed by atoms with van der Waals surface area (Å²) in [5, 5.41) is 6.51. The Morgan fingerprint density at radius 1 is 1.24 bits per heavy atom. The molecule has 0 saturated carbocycles. The molecule has 0 spiro atoms. The van der Waals surface area contributed by atoms with E-state index in [9.17, 15) is 4.79 Å². The Bertz CT molecular complexity index is 439. The molecule has 1 aromatic rings. The molecular formula is C17H27N3O. The van der Waals surface area contributed by atoms with Crippen molar-refractivity contribution in [2.24, 2.45) is 0 Å². The molecule has 0 radical (unpaired) electrons. The Morgan fingerprint density at radius 3 is 2.52 bits per heavy atom. The molecule has 21 heavy (non-hydrogen) atoms. The first-order chi connectivity index (χ1) is 10.1. The summed E-state index contributed by atoms with van der Waals surface area (Å²) in [6.45, 7) is 3.55. The van der Waals surface area contributed by atoms with Gasteiger partial charge < -0.3 is 15.5 Å². The topological polar surface area (TPSA) is 44.4 Å². The van der Waals surface area contributed by atoms with Gasteiger partial charge in [0.2, 0.25) is 5.91 Å². The summed E-state index contributed by atoms with van der Waals surface area (Å²) < 4.78 is 0. The number of benzene rings is 1. The lowest BCUT2D eigenvalue weighted by Crippen LogP contribution is -2.51. The number of carbonyl (C=O) groups excluding carboxylic acids is 1. The Morgan fingerprint density at radius 2 is 1.90 bits per heavy atom. The van der Waals surface area contributed by atoms with E-state index < -0.39 is 0 Å². The minimum absolute atomic E-state index is 0.189. The van der Waals surface area contributed by atoms with Crippen LogP contribution in [0.1, 0.15) is 24.8 Å². The molecule has 1 aromatic carbocycles. The van der Waals surface area contributed by atoms with Crippen molar-refractivity contribution in [3.63, 3.8) is 0 Å². The lowest BCUT2D eigenvalue weighted by atomic mass is 9.72. The molecule has 1 fully saturated rings.